The number of anilines is 3. The van der Waals surface area contributed by atoms with Crippen LogP contribution in [-0.2, 0) is 9.59 Å². The van der Waals surface area contributed by atoms with Crippen LogP contribution >= 0.6 is 45.2 Å². The molecule has 3 N–H and O–H groups in total. The van der Waals surface area contributed by atoms with E-state index in [1.807, 2.05) is 42.5 Å². The van der Waals surface area contributed by atoms with Gasteiger partial charge >= 0.3 is 0 Å². The molecule has 0 atom stereocenters. The van der Waals surface area contributed by atoms with Gasteiger partial charge in [-0.15, -0.1) is 0 Å². The molecule has 0 radical (unpaired) electrons. The Balaban J connectivity index is 1.48. The topological polar surface area (TPSA) is 96.5 Å². The van der Waals surface area contributed by atoms with Gasteiger partial charge in [-0.2, -0.15) is 0 Å². The molecule has 7 nitrogen and oxygen atoms in total. The number of ether oxygens (including phenoxy) is 1. The Kier molecular flexibility index (Phi) is 9.71. The van der Waals surface area contributed by atoms with Crippen molar-refractivity contribution < 1.29 is 19.1 Å². The van der Waals surface area contributed by atoms with E-state index in [0.717, 1.165) is 12.8 Å². The minimum atomic E-state index is -0.430. The predicted octanol–water partition coefficient (Wildman–Crippen LogP) is 6.19. The Morgan fingerprint density at radius 3 is 1.97 bits per heavy atom. The van der Waals surface area contributed by atoms with Gasteiger partial charge in [-0.05, 0) is 112 Å². The van der Waals surface area contributed by atoms with Crippen LogP contribution in [0.25, 0.3) is 0 Å². The van der Waals surface area contributed by atoms with Gasteiger partial charge in [-0.1, -0.05) is 30.3 Å². The zero-order valence-electron chi connectivity index (χ0n) is 20.0. The van der Waals surface area contributed by atoms with Crippen molar-refractivity contribution in [3.8, 4) is 5.75 Å². The van der Waals surface area contributed by atoms with Gasteiger partial charge in [-0.3, -0.25) is 14.4 Å². The van der Waals surface area contributed by atoms with Gasteiger partial charge in [0.25, 0.3) is 5.91 Å². The minimum Gasteiger partial charge on any atom is -0.484 e. The molecule has 4 aromatic carbocycles. The molecule has 0 aliphatic carbocycles. The number of halogens is 2. The van der Waals surface area contributed by atoms with Crippen LogP contribution in [-0.4, -0.2) is 30.7 Å². The first-order valence-electron chi connectivity index (χ1n) is 11.6. The van der Waals surface area contributed by atoms with E-state index in [4.69, 9.17) is 4.74 Å². The summed E-state index contributed by atoms with van der Waals surface area (Å²) in [6.45, 7) is -0.214. The fourth-order valence-electron chi connectivity index (χ4n) is 3.46. The van der Waals surface area contributed by atoms with Crippen LogP contribution in [0.4, 0.5) is 17.1 Å². The normalized spacial score (nSPS) is 10.4. The first-order chi connectivity index (χ1) is 18.4. The molecule has 0 aromatic heterocycles. The van der Waals surface area contributed by atoms with E-state index in [1.54, 1.807) is 54.6 Å². The van der Waals surface area contributed by atoms with Gasteiger partial charge in [0.1, 0.15) is 5.75 Å². The maximum atomic E-state index is 13.0. The minimum absolute atomic E-state index is 0.0224. The second-order valence-electron chi connectivity index (χ2n) is 8.15. The van der Waals surface area contributed by atoms with Crippen molar-refractivity contribution in [2.75, 3.05) is 29.1 Å². The van der Waals surface area contributed by atoms with Gasteiger partial charge in [0.2, 0.25) is 5.91 Å². The summed E-state index contributed by atoms with van der Waals surface area (Å²) in [4.78, 5) is 38.4. The average molecular weight is 731 g/mol. The summed E-state index contributed by atoms with van der Waals surface area (Å²) >= 11 is 4.40. The molecular formula is C29H23I2N3O4. The maximum absolute atomic E-state index is 13.0. The lowest BCUT2D eigenvalue weighted by atomic mass is 10.0. The maximum Gasteiger partial charge on any atom is 0.262 e. The number of benzene rings is 4. The van der Waals surface area contributed by atoms with E-state index < -0.39 is 5.91 Å². The molecule has 0 saturated heterocycles. The highest BCUT2D eigenvalue weighted by molar-refractivity contribution is 14.1. The lowest BCUT2D eigenvalue weighted by molar-refractivity contribution is -0.118. The zero-order chi connectivity index (χ0) is 26.9. The fraction of sp³-hybridized carbons (Fsp3) is 0.0690. The average Bonchev–Trinajstić information content (AvgIpc) is 2.93. The van der Waals surface area contributed by atoms with E-state index in [1.165, 1.54) is 0 Å². The second kappa shape index (κ2) is 13.4. The van der Waals surface area contributed by atoms with Crippen LogP contribution in [0, 0.1) is 7.14 Å². The molecular weight excluding hydrogens is 708 g/mol. The molecule has 0 bridgehead atoms. The lowest BCUT2D eigenvalue weighted by Gasteiger charge is -2.15. The molecule has 0 spiro atoms. The molecule has 0 unspecified atom stereocenters. The molecule has 4 rings (SSSR count). The van der Waals surface area contributed by atoms with Gasteiger partial charge in [-0.25, -0.2) is 0 Å². The first-order valence-corrected chi connectivity index (χ1v) is 13.7. The summed E-state index contributed by atoms with van der Waals surface area (Å²) in [7, 11) is 0. The van der Waals surface area contributed by atoms with Crippen molar-refractivity contribution >= 4 is 79.8 Å². The Labute approximate surface area is 247 Å². The third kappa shape index (κ3) is 8.02. The number of carbonyl (C=O) groups excluding carboxylic acids is 3. The van der Waals surface area contributed by atoms with E-state index in [0.29, 0.717) is 28.3 Å². The summed E-state index contributed by atoms with van der Waals surface area (Å²) in [5.41, 5.74) is 2.37. The standard InChI is InChI=1S/C29H23I2N3O4/c30-21-7-11-23(12-8-21)32-17-27(35)33-25-15-6-20(29(37)19-4-2-1-3-5-19)16-26(25)34-28(36)18-38-24-13-9-22(31)10-14-24/h1-16,32H,17-18H2,(H,33,35)(H,34,36). The number of rotatable bonds is 10. The SMILES string of the molecule is O=C(CNc1ccc(I)cc1)Nc1ccc(C(=O)c2ccccc2)cc1NC(=O)COc1ccc(I)cc1. The summed E-state index contributed by atoms with van der Waals surface area (Å²) in [6.07, 6.45) is 0. The molecule has 0 aliphatic heterocycles. The number of ketones is 1. The highest BCUT2D eigenvalue weighted by Gasteiger charge is 2.15. The van der Waals surface area contributed by atoms with Crippen LogP contribution in [0.2, 0.25) is 0 Å². The third-order valence-electron chi connectivity index (χ3n) is 5.35. The number of hydrogen-bond acceptors (Lipinski definition) is 5. The van der Waals surface area contributed by atoms with Gasteiger partial charge in [0.15, 0.2) is 12.4 Å². The van der Waals surface area contributed by atoms with E-state index in [2.05, 4.69) is 61.1 Å². The number of hydrogen-bond donors (Lipinski definition) is 3. The molecule has 38 heavy (non-hydrogen) atoms. The molecule has 0 aliphatic rings. The Bertz CT molecular complexity index is 1430. The predicted molar refractivity (Wildman–Crippen MR) is 166 cm³/mol. The monoisotopic (exact) mass is 731 g/mol. The lowest BCUT2D eigenvalue weighted by Crippen LogP contribution is -2.24. The summed E-state index contributed by atoms with van der Waals surface area (Å²) in [5, 5.41) is 8.65. The summed E-state index contributed by atoms with van der Waals surface area (Å²) in [5.74, 6) is -0.380. The Morgan fingerprint density at radius 1 is 0.658 bits per heavy atom. The highest BCUT2D eigenvalue weighted by atomic mass is 127. The smallest absolute Gasteiger partial charge is 0.262 e. The van der Waals surface area contributed by atoms with Crippen molar-refractivity contribution in [2.45, 2.75) is 0 Å². The van der Waals surface area contributed by atoms with Crippen LogP contribution in [0.1, 0.15) is 15.9 Å². The van der Waals surface area contributed by atoms with E-state index in [-0.39, 0.29) is 24.8 Å². The summed E-state index contributed by atoms with van der Waals surface area (Å²) < 4.78 is 7.72. The van der Waals surface area contributed by atoms with Gasteiger partial charge in [0.05, 0.1) is 17.9 Å². The molecule has 4 aromatic rings. The van der Waals surface area contributed by atoms with Crippen LogP contribution < -0.4 is 20.7 Å². The quantitative estimate of drug-likeness (QED) is 0.134. The highest BCUT2D eigenvalue weighted by Crippen LogP contribution is 2.25. The van der Waals surface area contributed by atoms with Crippen molar-refractivity contribution in [3.05, 3.63) is 115 Å². The molecule has 192 valence electrons. The van der Waals surface area contributed by atoms with Crippen molar-refractivity contribution in [1.29, 1.82) is 0 Å². The Morgan fingerprint density at radius 2 is 1.29 bits per heavy atom. The molecule has 0 saturated carbocycles. The molecule has 0 fully saturated rings. The van der Waals surface area contributed by atoms with E-state index in [9.17, 15) is 14.4 Å². The Hall–Kier alpha value is -3.45. The second-order valence-corrected chi connectivity index (χ2v) is 10.6. The molecule has 2 amide bonds. The number of nitrogens with one attached hydrogen (secondary N) is 3. The number of amides is 2. The van der Waals surface area contributed by atoms with Crippen LogP contribution in [0.3, 0.4) is 0 Å². The largest absolute Gasteiger partial charge is 0.484 e. The summed E-state index contributed by atoms with van der Waals surface area (Å²) in [6, 6.07) is 28.6. The van der Waals surface area contributed by atoms with Crippen molar-refractivity contribution in [1.82, 2.24) is 0 Å². The zero-order valence-corrected chi connectivity index (χ0v) is 24.4. The number of carbonyl (C=O) groups is 3. The van der Waals surface area contributed by atoms with Crippen LogP contribution in [0.5, 0.6) is 5.75 Å². The molecule has 0 heterocycles. The van der Waals surface area contributed by atoms with Crippen molar-refractivity contribution in [3.63, 3.8) is 0 Å². The van der Waals surface area contributed by atoms with Gasteiger partial charge < -0.3 is 20.7 Å². The van der Waals surface area contributed by atoms with Gasteiger partial charge in [0, 0.05) is 24.0 Å². The molecule has 9 heteroatoms. The third-order valence-corrected chi connectivity index (χ3v) is 6.79. The fourth-order valence-corrected chi connectivity index (χ4v) is 4.18. The van der Waals surface area contributed by atoms with Crippen LogP contribution in [0.15, 0.2) is 97.1 Å². The van der Waals surface area contributed by atoms with Crippen molar-refractivity contribution in [2.24, 2.45) is 0 Å². The first kappa shape index (κ1) is 27.6. The van der Waals surface area contributed by atoms with E-state index >= 15 is 0 Å².